The molecule has 0 saturated heterocycles. The molecule has 0 amide bonds. The molecular weight excluding hydrogens is 233 g/mol. The Labute approximate surface area is 108 Å². The normalized spacial score (nSPS) is 12.9. The van der Waals surface area contributed by atoms with Gasteiger partial charge in [-0.1, -0.05) is 12.1 Å². The Kier molecular flexibility index (Phi) is 6.86. The Bertz CT molecular complexity index is 323. The van der Waals surface area contributed by atoms with Crippen molar-refractivity contribution >= 4 is 0 Å². The maximum absolute atomic E-state index is 12.9. The van der Waals surface area contributed by atoms with Crippen LogP contribution in [-0.4, -0.2) is 26.0 Å². The van der Waals surface area contributed by atoms with Crippen LogP contribution in [0.4, 0.5) is 4.39 Å². The first kappa shape index (κ1) is 15.1. The lowest BCUT2D eigenvalue weighted by Gasteiger charge is -2.22. The van der Waals surface area contributed by atoms with Crippen LogP contribution in [0.1, 0.15) is 31.7 Å². The first-order chi connectivity index (χ1) is 8.71. The predicted molar refractivity (Wildman–Crippen MR) is 69.9 cm³/mol. The van der Waals surface area contributed by atoms with E-state index in [2.05, 4.69) is 0 Å². The molecule has 4 heteroatoms. The molecule has 1 atom stereocenters. The van der Waals surface area contributed by atoms with Crippen molar-refractivity contribution in [3.8, 4) is 0 Å². The van der Waals surface area contributed by atoms with Crippen LogP contribution in [0.5, 0.6) is 0 Å². The van der Waals surface area contributed by atoms with Crippen molar-refractivity contribution in [2.24, 2.45) is 5.73 Å². The van der Waals surface area contributed by atoms with E-state index in [4.69, 9.17) is 15.2 Å². The van der Waals surface area contributed by atoms with E-state index in [1.165, 1.54) is 12.1 Å². The van der Waals surface area contributed by atoms with Gasteiger partial charge in [0.15, 0.2) is 6.29 Å². The fourth-order valence-corrected chi connectivity index (χ4v) is 1.89. The standard InChI is InChI=1S/C14H22FNO2/c1-3-17-14(18-4-2)9-12(10-16)11-5-7-13(15)8-6-11/h5-8,12,14H,3-4,9-10,16H2,1-2H3/t12-/m1/s1. The van der Waals surface area contributed by atoms with Crippen LogP contribution in [-0.2, 0) is 9.47 Å². The van der Waals surface area contributed by atoms with Gasteiger partial charge in [0.2, 0.25) is 0 Å². The van der Waals surface area contributed by atoms with Crippen LogP contribution in [0.25, 0.3) is 0 Å². The molecule has 0 aromatic heterocycles. The molecule has 1 aromatic rings. The van der Waals surface area contributed by atoms with Gasteiger partial charge in [-0.3, -0.25) is 0 Å². The molecule has 1 aromatic carbocycles. The highest BCUT2D eigenvalue weighted by Gasteiger charge is 2.17. The Morgan fingerprint density at radius 2 is 1.67 bits per heavy atom. The minimum Gasteiger partial charge on any atom is -0.353 e. The lowest BCUT2D eigenvalue weighted by Crippen LogP contribution is -2.24. The summed E-state index contributed by atoms with van der Waals surface area (Å²) in [6, 6.07) is 6.44. The van der Waals surface area contributed by atoms with Crippen LogP contribution < -0.4 is 5.73 Å². The third-order valence-corrected chi connectivity index (χ3v) is 2.81. The van der Waals surface area contributed by atoms with Crippen molar-refractivity contribution in [2.45, 2.75) is 32.5 Å². The van der Waals surface area contributed by atoms with Crippen LogP contribution in [0, 0.1) is 5.82 Å². The molecule has 1 rings (SSSR count). The van der Waals surface area contributed by atoms with Crippen molar-refractivity contribution in [1.29, 1.82) is 0 Å². The summed E-state index contributed by atoms with van der Waals surface area (Å²) in [6.07, 6.45) is 0.433. The van der Waals surface area contributed by atoms with Gasteiger partial charge in [0.1, 0.15) is 5.82 Å². The quantitative estimate of drug-likeness (QED) is 0.726. The molecule has 0 saturated carbocycles. The minimum atomic E-state index is -0.251. The monoisotopic (exact) mass is 255 g/mol. The third-order valence-electron chi connectivity index (χ3n) is 2.81. The van der Waals surface area contributed by atoms with Gasteiger partial charge in [0.05, 0.1) is 0 Å². The molecule has 0 unspecified atom stereocenters. The lowest BCUT2D eigenvalue weighted by atomic mass is 9.95. The first-order valence-electron chi connectivity index (χ1n) is 6.39. The van der Waals surface area contributed by atoms with Crippen molar-refractivity contribution in [3.05, 3.63) is 35.6 Å². The Hall–Kier alpha value is -0.970. The summed E-state index contributed by atoms with van der Waals surface area (Å²) in [6.45, 7) is 5.56. The summed E-state index contributed by atoms with van der Waals surface area (Å²) >= 11 is 0. The maximum Gasteiger partial charge on any atom is 0.158 e. The van der Waals surface area contributed by atoms with E-state index < -0.39 is 0 Å². The van der Waals surface area contributed by atoms with Gasteiger partial charge >= 0.3 is 0 Å². The summed E-state index contributed by atoms with van der Waals surface area (Å²) in [5.41, 5.74) is 6.80. The number of hydrogen-bond donors (Lipinski definition) is 1. The van der Waals surface area contributed by atoms with Crippen LogP contribution >= 0.6 is 0 Å². The first-order valence-corrected chi connectivity index (χ1v) is 6.39. The van der Waals surface area contributed by atoms with Crippen LogP contribution in [0.15, 0.2) is 24.3 Å². The molecule has 0 bridgehead atoms. The van der Waals surface area contributed by atoms with Gasteiger partial charge in [-0.15, -0.1) is 0 Å². The summed E-state index contributed by atoms with van der Waals surface area (Å²) in [7, 11) is 0. The molecule has 102 valence electrons. The van der Waals surface area contributed by atoms with E-state index >= 15 is 0 Å². The van der Waals surface area contributed by atoms with Gasteiger partial charge in [-0.25, -0.2) is 4.39 Å². The molecule has 0 heterocycles. The zero-order valence-corrected chi connectivity index (χ0v) is 11.1. The second-order valence-electron chi connectivity index (χ2n) is 4.06. The van der Waals surface area contributed by atoms with E-state index in [9.17, 15) is 4.39 Å². The average molecular weight is 255 g/mol. The maximum atomic E-state index is 12.9. The van der Waals surface area contributed by atoms with E-state index in [0.29, 0.717) is 26.2 Å². The van der Waals surface area contributed by atoms with Gasteiger partial charge in [-0.2, -0.15) is 0 Å². The number of benzene rings is 1. The van der Waals surface area contributed by atoms with Gasteiger partial charge < -0.3 is 15.2 Å². The summed E-state index contributed by atoms with van der Waals surface area (Å²) in [5.74, 6) is -0.116. The smallest absolute Gasteiger partial charge is 0.158 e. The molecule has 0 aliphatic carbocycles. The molecule has 0 spiro atoms. The Morgan fingerprint density at radius 1 is 1.11 bits per heavy atom. The fraction of sp³-hybridized carbons (Fsp3) is 0.571. The molecule has 0 radical (unpaired) electrons. The molecule has 18 heavy (non-hydrogen) atoms. The zero-order chi connectivity index (χ0) is 13.4. The molecule has 0 aliphatic rings. The molecular formula is C14H22FNO2. The number of rotatable bonds is 8. The number of halogens is 1. The SMILES string of the molecule is CCOC(C[C@H](CN)c1ccc(F)cc1)OCC. The second kappa shape index (κ2) is 8.19. The summed E-state index contributed by atoms with van der Waals surface area (Å²) in [4.78, 5) is 0. The summed E-state index contributed by atoms with van der Waals surface area (Å²) < 4.78 is 23.9. The van der Waals surface area contributed by atoms with Crippen molar-refractivity contribution in [3.63, 3.8) is 0 Å². The zero-order valence-electron chi connectivity index (χ0n) is 11.1. The number of nitrogens with two attached hydrogens (primary N) is 1. The Balaban J connectivity index is 2.67. The molecule has 3 nitrogen and oxygen atoms in total. The minimum absolute atomic E-state index is 0.119. The van der Waals surface area contributed by atoms with E-state index in [1.54, 1.807) is 12.1 Å². The molecule has 0 fully saturated rings. The second-order valence-corrected chi connectivity index (χ2v) is 4.06. The van der Waals surface area contributed by atoms with E-state index in [-0.39, 0.29) is 18.0 Å². The van der Waals surface area contributed by atoms with Gasteiger partial charge in [-0.05, 0) is 38.1 Å². The highest BCUT2D eigenvalue weighted by atomic mass is 19.1. The fourth-order valence-electron chi connectivity index (χ4n) is 1.89. The van der Waals surface area contributed by atoms with Crippen LogP contribution in [0.3, 0.4) is 0 Å². The topological polar surface area (TPSA) is 44.5 Å². The molecule has 2 N–H and O–H groups in total. The van der Waals surface area contributed by atoms with Crippen LogP contribution in [0.2, 0.25) is 0 Å². The van der Waals surface area contributed by atoms with Crippen molar-refractivity contribution in [1.82, 2.24) is 0 Å². The number of hydrogen-bond acceptors (Lipinski definition) is 3. The predicted octanol–water partition coefficient (Wildman–Crippen LogP) is 2.66. The summed E-state index contributed by atoms with van der Waals surface area (Å²) in [5, 5.41) is 0. The van der Waals surface area contributed by atoms with Gasteiger partial charge in [0.25, 0.3) is 0 Å². The Morgan fingerprint density at radius 3 is 2.11 bits per heavy atom. The molecule has 0 aliphatic heterocycles. The van der Waals surface area contributed by atoms with Crippen molar-refractivity contribution in [2.75, 3.05) is 19.8 Å². The van der Waals surface area contributed by atoms with E-state index in [0.717, 1.165) is 5.56 Å². The van der Waals surface area contributed by atoms with Crippen molar-refractivity contribution < 1.29 is 13.9 Å². The average Bonchev–Trinajstić information content (AvgIpc) is 2.37. The van der Waals surface area contributed by atoms with E-state index in [1.807, 2.05) is 13.8 Å². The largest absolute Gasteiger partial charge is 0.353 e. The third kappa shape index (κ3) is 4.72. The highest BCUT2D eigenvalue weighted by Crippen LogP contribution is 2.22. The van der Waals surface area contributed by atoms with Gasteiger partial charge in [0, 0.05) is 25.6 Å². The number of ether oxygens (including phenoxy) is 2. The highest BCUT2D eigenvalue weighted by molar-refractivity contribution is 5.20. The lowest BCUT2D eigenvalue weighted by molar-refractivity contribution is -0.142.